The minimum Gasteiger partial charge on any atom is -0.477 e. The minimum atomic E-state index is -7.48. The first-order chi connectivity index (χ1) is 12.3. The monoisotopic (exact) mass is 474 g/mol. The zero-order chi connectivity index (χ0) is 23.7. The Morgan fingerprint density at radius 3 is 1.38 bits per heavy atom. The summed E-state index contributed by atoms with van der Waals surface area (Å²) < 4.78 is 199. The first-order valence-electron chi connectivity index (χ1n) is 5.99. The van der Waals surface area contributed by atoms with Gasteiger partial charge in [-0.1, -0.05) is 0 Å². The quantitative estimate of drug-likeness (QED) is 0.627. The smallest absolute Gasteiger partial charge is 0.460 e. The van der Waals surface area contributed by atoms with Gasteiger partial charge in [-0.05, 0) is 0 Å². The van der Waals surface area contributed by atoms with Crippen LogP contribution in [0.1, 0.15) is 0 Å². The molecular weight excluding hydrogens is 473 g/mol. The molecule has 20 heteroatoms. The average Bonchev–Trinajstić information content (AvgIpc) is 2.40. The Hall–Kier alpha value is -1.70. The topological polar surface area (TPSA) is 65.0 Å². The molecule has 4 atom stereocenters. The highest BCUT2D eigenvalue weighted by Gasteiger charge is 2.92. The van der Waals surface area contributed by atoms with Crippen LogP contribution in [-0.2, 0) is 19.0 Å². The highest BCUT2D eigenvalue weighted by molar-refractivity contribution is 5.76. The lowest BCUT2D eigenvalue weighted by Crippen LogP contribution is -2.78. The normalized spacial score (nSPS) is 35.8. The Bertz CT molecular complexity index is 671. The average molecular weight is 474 g/mol. The number of carboxylic acids is 1. The number of rotatable bonds is 3. The fraction of sp³-hybridized carbons (Fsp3) is 0.889. The van der Waals surface area contributed by atoms with Gasteiger partial charge in [0.1, 0.15) is 0 Å². The van der Waals surface area contributed by atoms with Gasteiger partial charge >= 0.3 is 54.2 Å². The van der Waals surface area contributed by atoms with E-state index < -0.39 is 54.2 Å². The van der Waals surface area contributed by atoms with E-state index >= 15 is 0 Å². The summed E-state index contributed by atoms with van der Waals surface area (Å²) >= 11 is 0. The first-order valence-corrected chi connectivity index (χ1v) is 5.99. The van der Waals surface area contributed by atoms with Gasteiger partial charge in [-0.2, -0.15) is 65.9 Å². The zero-order valence-electron chi connectivity index (χ0n) is 12.2. The van der Waals surface area contributed by atoms with Crippen LogP contribution in [0.15, 0.2) is 0 Å². The second kappa shape index (κ2) is 6.15. The van der Waals surface area contributed by atoms with E-state index in [1.807, 2.05) is 9.47 Å². The van der Waals surface area contributed by atoms with Crippen LogP contribution in [0.4, 0.5) is 65.9 Å². The Kier molecular flexibility index (Phi) is 5.38. The van der Waals surface area contributed by atoms with Gasteiger partial charge in [0.25, 0.3) is 0 Å². The van der Waals surface area contributed by atoms with Crippen LogP contribution in [-0.4, -0.2) is 59.3 Å². The fourth-order valence-electron chi connectivity index (χ4n) is 1.55. The van der Waals surface area contributed by atoms with Crippen LogP contribution < -0.4 is 0 Å². The fourth-order valence-corrected chi connectivity index (χ4v) is 1.55. The van der Waals surface area contributed by atoms with Crippen molar-refractivity contribution >= 4 is 5.97 Å². The molecule has 0 radical (unpaired) electrons. The zero-order valence-corrected chi connectivity index (χ0v) is 12.2. The Balaban J connectivity index is 3.82. The minimum absolute atomic E-state index is 1.75. The maximum Gasteiger partial charge on any atom is 0.460 e. The molecule has 5 nitrogen and oxygen atoms in total. The van der Waals surface area contributed by atoms with Gasteiger partial charge in [-0.3, -0.25) is 14.2 Å². The Labute approximate surface area is 145 Å². The molecule has 0 spiro atoms. The van der Waals surface area contributed by atoms with Crippen molar-refractivity contribution in [2.24, 2.45) is 0 Å². The van der Waals surface area contributed by atoms with E-state index in [4.69, 9.17) is 5.11 Å². The molecule has 1 fully saturated rings. The number of carboxylic acid groups (broad SMARTS) is 1. The summed E-state index contributed by atoms with van der Waals surface area (Å²) in [5.41, 5.74) is 0. The predicted molar refractivity (Wildman–Crippen MR) is 49.4 cm³/mol. The van der Waals surface area contributed by atoms with Crippen molar-refractivity contribution in [2.75, 3.05) is 0 Å². The van der Waals surface area contributed by atoms with E-state index in [0.29, 0.717) is 0 Å². The van der Waals surface area contributed by atoms with E-state index in [1.54, 1.807) is 4.74 Å². The molecule has 0 aromatic rings. The lowest BCUT2D eigenvalue weighted by molar-refractivity contribution is -0.645. The number of alkyl halides is 15. The largest absolute Gasteiger partial charge is 0.477 e. The van der Waals surface area contributed by atoms with Gasteiger partial charge in [-0.15, -0.1) is 0 Å². The molecule has 0 amide bonds. The molecule has 1 rings (SSSR count). The van der Waals surface area contributed by atoms with Crippen LogP contribution in [0.3, 0.4) is 0 Å². The molecule has 29 heavy (non-hydrogen) atoms. The predicted octanol–water partition coefficient (Wildman–Crippen LogP) is 4.03. The lowest BCUT2D eigenvalue weighted by atomic mass is 10.1. The molecule has 1 aliphatic rings. The molecule has 0 aromatic heterocycles. The molecule has 4 unspecified atom stereocenters. The van der Waals surface area contributed by atoms with Crippen molar-refractivity contribution in [3.05, 3.63) is 0 Å². The van der Waals surface area contributed by atoms with E-state index in [2.05, 4.69) is 0 Å². The maximum atomic E-state index is 14.1. The van der Waals surface area contributed by atoms with Crippen molar-refractivity contribution in [3.63, 3.8) is 0 Å². The number of aliphatic carboxylic acids is 1. The molecule has 0 aromatic carbocycles. The molecular formula is C9HF15O5. The summed E-state index contributed by atoms with van der Waals surface area (Å²) in [5.74, 6) is -25.6. The van der Waals surface area contributed by atoms with E-state index in [0.717, 1.165) is 0 Å². The van der Waals surface area contributed by atoms with Gasteiger partial charge in [0.05, 0.1) is 0 Å². The van der Waals surface area contributed by atoms with Crippen LogP contribution in [0, 0.1) is 0 Å². The second-order valence-corrected chi connectivity index (χ2v) is 4.94. The Morgan fingerprint density at radius 2 is 1.10 bits per heavy atom. The number of ether oxygens (including phenoxy) is 3. The van der Waals surface area contributed by atoms with Crippen molar-refractivity contribution in [1.29, 1.82) is 0 Å². The van der Waals surface area contributed by atoms with Gasteiger partial charge in [0.15, 0.2) is 0 Å². The molecule has 1 saturated heterocycles. The van der Waals surface area contributed by atoms with E-state index in [1.165, 1.54) is 0 Å². The highest BCUT2D eigenvalue weighted by Crippen LogP contribution is 2.62. The van der Waals surface area contributed by atoms with Crippen LogP contribution >= 0.6 is 0 Å². The third kappa shape index (κ3) is 3.43. The van der Waals surface area contributed by atoms with Crippen LogP contribution in [0.25, 0.3) is 0 Å². The number of halogens is 15. The van der Waals surface area contributed by atoms with Gasteiger partial charge in [0, 0.05) is 0 Å². The van der Waals surface area contributed by atoms with Crippen molar-refractivity contribution in [2.45, 2.75) is 48.2 Å². The maximum absolute atomic E-state index is 14.1. The summed E-state index contributed by atoms with van der Waals surface area (Å²) in [4.78, 5) is 10.3. The van der Waals surface area contributed by atoms with Gasteiger partial charge in [0.2, 0.25) is 0 Å². The summed E-state index contributed by atoms with van der Waals surface area (Å²) in [5, 5.41) is 8.03. The molecule has 0 saturated carbocycles. The number of hydrogen-bond acceptors (Lipinski definition) is 4. The van der Waals surface area contributed by atoms with Crippen LogP contribution in [0.5, 0.6) is 0 Å². The second-order valence-electron chi connectivity index (χ2n) is 4.94. The third-order valence-electron chi connectivity index (χ3n) is 2.94. The molecule has 172 valence electrons. The molecule has 1 aliphatic heterocycles. The van der Waals surface area contributed by atoms with E-state index in [9.17, 15) is 70.7 Å². The summed E-state index contributed by atoms with van der Waals surface area (Å²) in [6, 6.07) is -7.28. The van der Waals surface area contributed by atoms with E-state index in [-0.39, 0.29) is 0 Å². The van der Waals surface area contributed by atoms with Crippen molar-refractivity contribution in [1.82, 2.24) is 0 Å². The van der Waals surface area contributed by atoms with Crippen molar-refractivity contribution in [3.8, 4) is 0 Å². The number of carbonyl (C=O) groups is 1. The van der Waals surface area contributed by atoms with Gasteiger partial charge < -0.3 is 5.11 Å². The lowest BCUT2D eigenvalue weighted by Gasteiger charge is -2.50. The first kappa shape index (κ1) is 25.3. The number of hydrogen-bond donors (Lipinski definition) is 1. The summed E-state index contributed by atoms with van der Waals surface area (Å²) in [6.45, 7) is 0. The summed E-state index contributed by atoms with van der Waals surface area (Å²) in [7, 11) is 0. The molecule has 1 N–H and O–H groups in total. The standard InChI is InChI=1S/C9HF15O5/c10-2(1(25)26,5(13,14)15)27-9(24)4(12,7(19,20)21)28-8(22,23)3(11,29-9)6(16,17)18/h(H,25,26). The van der Waals surface area contributed by atoms with Gasteiger partial charge in [-0.25, -0.2) is 4.79 Å². The highest BCUT2D eigenvalue weighted by atomic mass is 19.4. The Morgan fingerprint density at radius 1 is 0.724 bits per heavy atom. The van der Waals surface area contributed by atoms with Crippen LogP contribution in [0.2, 0.25) is 0 Å². The molecule has 0 aliphatic carbocycles. The molecule has 0 bridgehead atoms. The summed E-state index contributed by atoms with van der Waals surface area (Å²) in [6.07, 6.45) is -29.2. The van der Waals surface area contributed by atoms with Crippen molar-refractivity contribution < 1.29 is 90.0 Å². The third-order valence-corrected chi connectivity index (χ3v) is 2.94. The molecule has 1 heterocycles. The SMILES string of the molecule is O=C(O)C(F)(OC1(F)OC(F)(C(F)(F)F)C(F)(F)OC1(F)C(F)(F)F)C(F)(F)F.